The Labute approximate surface area is 164 Å². The van der Waals surface area contributed by atoms with E-state index in [0.29, 0.717) is 22.5 Å². The minimum atomic E-state index is -1.46. The van der Waals surface area contributed by atoms with Crippen LogP contribution in [0, 0.1) is 10.1 Å². The summed E-state index contributed by atoms with van der Waals surface area (Å²) in [7, 11) is 0. The predicted octanol–water partition coefficient (Wildman–Crippen LogP) is 2.62. The van der Waals surface area contributed by atoms with E-state index in [1.165, 1.54) is 37.3 Å². The fraction of sp³-hybridized carbons (Fsp3) is 0.200. The first kappa shape index (κ1) is 18.5. The molecule has 0 saturated carbocycles. The lowest BCUT2D eigenvalue weighted by atomic mass is 9.92. The lowest BCUT2D eigenvalue weighted by molar-refractivity contribution is -0.384. The van der Waals surface area contributed by atoms with Crippen molar-refractivity contribution in [1.82, 2.24) is 0 Å². The molecule has 29 heavy (non-hydrogen) atoms. The molecule has 0 radical (unpaired) electrons. The lowest BCUT2D eigenvalue weighted by Gasteiger charge is -2.19. The van der Waals surface area contributed by atoms with Crippen LogP contribution in [0.15, 0.2) is 53.7 Å². The van der Waals surface area contributed by atoms with Crippen molar-refractivity contribution < 1.29 is 24.1 Å². The SMILES string of the molecule is CC(=O)c1ccc(N2C(=O)C[C@]3(CC(c4cccc([N+](=O)[O-])c4)=NO3)C2=O)cc1. The second kappa shape index (κ2) is 6.62. The van der Waals surface area contributed by atoms with Gasteiger partial charge in [0, 0.05) is 29.7 Å². The zero-order valence-corrected chi connectivity index (χ0v) is 15.3. The Morgan fingerprint density at radius 2 is 1.90 bits per heavy atom. The first-order chi connectivity index (χ1) is 13.8. The Morgan fingerprint density at radius 1 is 1.17 bits per heavy atom. The monoisotopic (exact) mass is 393 g/mol. The Hall–Kier alpha value is -3.88. The van der Waals surface area contributed by atoms with Crippen LogP contribution in [-0.2, 0) is 14.4 Å². The second-order valence-electron chi connectivity index (χ2n) is 6.92. The molecule has 2 amide bonds. The van der Waals surface area contributed by atoms with Gasteiger partial charge in [0.2, 0.25) is 11.5 Å². The van der Waals surface area contributed by atoms with E-state index in [1.54, 1.807) is 18.2 Å². The highest BCUT2D eigenvalue weighted by Gasteiger charge is 2.58. The summed E-state index contributed by atoms with van der Waals surface area (Å²) < 4.78 is 0. The Balaban J connectivity index is 1.59. The maximum Gasteiger partial charge on any atom is 0.281 e. The quantitative estimate of drug-likeness (QED) is 0.341. The van der Waals surface area contributed by atoms with Crippen molar-refractivity contribution in [3.05, 3.63) is 69.8 Å². The molecule has 0 aliphatic carbocycles. The fourth-order valence-electron chi connectivity index (χ4n) is 3.46. The molecule has 9 heteroatoms. The average molecular weight is 393 g/mol. The number of Topliss-reactive ketones (excluding diaryl/α,β-unsaturated/α-hetero) is 1. The van der Waals surface area contributed by atoms with E-state index < -0.39 is 22.3 Å². The molecule has 1 saturated heterocycles. The number of hydrogen-bond donors (Lipinski definition) is 0. The summed E-state index contributed by atoms with van der Waals surface area (Å²) in [6.45, 7) is 1.43. The van der Waals surface area contributed by atoms with Gasteiger partial charge < -0.3 is 4.84 Å². The van der Waals surface area contributed by atoms with Crippen molar-refractivity contribution in [3.8, 4) is 0 Å². The largest absolute Gasteiger partial charge is 0.378 e. The highest BCUT2D eigenvalue weighted by molar-refractivity contribution is 6.25. The molecule has 1 fully saturated rings. The van der Waals surface area contributed by atoms with Gasteiger partial charge in [-0.3, -0.25) is 24.5 Å². The maximum absolute atomic E-state index is 13.0. The summed E-state index contributed by atoms with van der Waals surface area (Å²) in [5, 5.41) is 14.9. The van der Waals surface area contributed by atoms with E-state index in [1.807, 2.05) is 0 Å². The number of nitro benzene ring substituents is 1. The Morgan fingerprint density at radius 3 is 2.55 bits per heavy atom. The van der Waals surface area contributed by atoms with Gasteiger partial charge in [0.25, 0.3) is 11.6 Å². The third-order valence-corrected chi connectivity index (χ3v) is 4.98. The van der Waals surface area contributed by atoms with E-state index in [-0.39, 0.29) is 24.3 Å². The molecule has 2 aliphatic rings. The van der Waals surface area contributed by atoms with Crippen LogP contribution >= 0.6 is 0 Å². The third-order valence-electron chi connectivity index (χ3n) is 4.98. The summed E-state index contributed by atoms with van der Waals surface area (Å²) in [6, 6.07) is 12.0. The average Bonchev–Trinajstić information content (AvgIpc) is 3.23. The number of hydrogen-bond acceptors (Lipinski definition) is 7. The van der Waals surface area contributed by atoms with Crippen LogP contribution < -0.4 is 4.90 Å². The molecule has 2 aromatic rings. The van der Waals surface area contributed by atoms with Crippen molar-refractivity contribution in [2.24, 2.45) is 5.16 Å². The number of benzene rings is 2. The van der Waals surface area contributed by atoms with Crippen LogP contribution in [0.2, 0.25) is 0 Å². The molecule has 0 bridgehead atoms. The zero-order valence-electron chi connectivity index (χ0n) is 15.3. The van der Waals surface area contributed by atoms with E-state index in [4.69, 9.17) is 4.84 Å². The summed E-state index contributed by atoms with van der Waals surface area (Å²) in [6.07, 6.45) is -0.164. The zero-order chi connectivity index (χ0) is 20.8. The summed E-state index contributed by atoms with van der Waals surface area (Å²) in [5.74, 6) is -1.12. The molecule has 4 rings (SSSR count). The van der Waals surface area contributed by atoms with Gasteiger partial charge in [-0.15, -0.1) is 0 Å². The second-order valence-corrected chi connectivity index (χ2v) is 6.92. The summed E-state index contributed by atoms with van der Waals surface area (Å²) in [5.41, 5.74) is 0.0673. The van der Waals surface area contributed by atoms with E-state index in [2.05, 4.69) is 5.16 Å². The van der Waals surface area contributed by atoms with E-state index in [9.17, 15) is 24.5 Å². The first-order valence-corrected chi connectivity index (χ1v) is 8.79. The van der Waals surface area contributed by atoms with Crippen LogP contribution in [0.5, 0.6) is 0 Å². The predicted molar refractivity (Wildman–Crippen MR) is 102 cm³/mol. The molecular formula is C20H15N3O6. The molecule has 146 valence electrons. The molecule has 0 N–H and O–H groups in total. The van der Waals surface area contributed by atoms with Gasteiger partial charge in [-0.2, -0.15) is 0 Å². The van der Waals surface area contributed by atoms with E-state index >= 15 is 0 Å². The number of carbonyl (C=O) groups is 3. The van der Waals surface area contributed by atoms with Crippen LogP contribution in [0.1, 0.15) is 35.7 Å². The molecule has 2 aromatic carbocycles. The van der Waals surface area contributed by atoms with Crippen LogP contribution in [0.25, 0.3) is 0 Å². The maximum atomic E-state index is 13.0. The van der Waals surface area contributed by atoms with Crippen LogP contribution in [0.3, 0.4) is 0 Å². The van der Waals surface area contributed by atoms with Crippen LogP contribution in [-0.4, -0.2) is 33.8 Å². The number of carbonyl (C=O) groups excluding carboxylic acids is 3. The molecule has 1 spiro atoms. The molecule has 0 aromatic heterocycles. The van der Waals surface area contributed by atoms with Crippen molar-refractivity contribution in [3.63, 3.8) is 0 Å². The molecule has 2 aliphatic heterocycles. The summed E-state index contributed by atoms with van der Waals surface area (Å²) >= 11 is 0. The van der Waals surface area contributed by atoms with Crippen molar-refractivity contribution in [1.29, 1.82) is 0 Å². The highest BCUT2D eigenvalue weighted by Crippen LogP contribution is 2.39. The van der Waals surface area contributed by atoms with Crippen molar-refractivity contribution in [2.45, 2.75) is 25.4 Å². The number of nitro groups is 1. The first-order valence-electron chi connectivity index (χ1n) is 8.79. The molecule has 9 nitrogen and oxygen atoms in total. The van der Waals surface area contributed by atoms with Gasteiger partial charge >= 0.3 is 0 Å². The normalized spacial score (nSPS) is 20.7. The molecule has 2 heterocycles. The van der Waals surface area contributed by atoms with Gasteiger partial charge in [-0.1, -0.05) is 17.3 Å². The Bertz CT molecular complexity index is 1090. The number of nitrogens with zero attached hydrogens (tertiary/aromatic N) is 3. The minimum absolute atomic E-state index is 0.0285. The topological polar surface area (TPSA) is 119 Å². The van der Waals surface area contributed by atoms with Gasteiger partial charge in [0.1, 0.15) is 0 Å². The van der Waals surface area contributed by atoms with Gasteiger partial charge in [0.15, 0.2) is 5.78 Å². The standard InChI is InChI=1S/C20H15N3O6/c1-12(24)13-5-7-15(8-6-13)22-18(25)11-20(19(22)26)10-17(21-29-20)14-3-2-4-16(9-14)23(27)28/h2-9H,10-11H2,1H3/t20-/m1/s1. The fourth-order valence-corrected chi connectivity index (χ4v) is 3.46. The number of anilines is 1. The van der Waals surface area contributed by atoms with Gasteiger partial charge in [0.05, 0.1) is 22.7 Å². The lowest BCUT2D eigenvalue weighted by Crippen LogP contribution is -2.40. The van der Waals surface area contributed by atoms with Crippen molar-refractivity contribution in [2.75, 3.05) is 4.90 Å². The number of amides is 2. The van der Waals surface area contributed by atoms with Crippen LogP contribution in [0.4, 0.5) is 11.4 Å². The van der Waals surface area contributed by atoms with Crippen molar-refractivity contribution >= 4 is 34.7 Å². The Kier molecular flexibility index (Phi) is 4.22. The smallest absolute Gasteiger partial charge is 0.281 e. The third kappa shape index (κ3) is 3.06. The number of imide groups is 1. The number of oxime groups is 1. The van der Waals surface area contributed by atoms with Gasteiger partial charge in [-0.25, -0.2) is 4.90 Å². The minimum Gasteiger partial charge on any atom is -0.378 e. The highest BCUT2D eigenvalue weighted by atomic mass is 16.7. The number of rotatable bonds is 4. The molecule has 1 atom stereocenters. The summed E-state index contributed by atoms with van der Waals surface area (Å²) in [4.78, 5) is 53.9. The number of non-ortho nitro benzene ring substituents is 1. The molecule has 0 unspecified atom stereocenters. The molecular weight excluding hydrogens is 378 g/mol. The van der Waals surface area contributed by atoms with Gasteiger partial charge in [-0.05, 0) is 31.2 Å². The van der Waals surface area contributed by atoms with E-state index in [0.717, 1.165) is 4.90 Å². The number of ketones is 1.